The van der Waals surface area contributed by atoms with E-state index in [1.165, 1.54) is 13.2 Å². The Kier molecular flexibility index (Phi) is 5.82. The zero-order chi connectivity index (χ0) is 20.5. The zero-order valence-electron chi connectivity index (χ0n) is 17.0. The number of halogens is 1. The van der Waals surface area contributed by atoms with Crippen molar-refractivity contribution < 1.29 is 28.2 Å². The molecule has 0 aliphatic carbocycles. The van der Waals surface area contributed by atoms with E-state index in [1.807, 2.05) is 20.8 Å². The van der Waals surface area contributed by atoms with Crippen molar-refractivity contribution in [3.63, 3.8) is 0 Å². The van der Waals surface area contributed by atoms with Crippen LogP contribution in [0.4, 0.5) is 9.18 Å². The van der Waals surface area contributed by atoms with Gasteiger partial charge in [0.1, 0.15) is 11.4 Å². The number of likely N-dealkylation sites (tertiary alicyclic amines) is 1. The molecule has 0 aromatic heterocycles. The first-order valence-electron chi connectivity index (χ1n) is 9.73. The van der Waals surface area contributed by atoms with Gasteiger partial charge >= 0.3 is 6.09 Å². The highest BCUT2D eigenvalue weighted by Crippen LogP contribution is 2.40. The average molecular weight is 393 g/mol. The van der Waals surface area contributed by atoms with Crippen LogP contribution in [0.25, 0.3) is 0 Å². The standard InChI is InChI=1S/C21H28FNO5/c1-21(2,3)28-20(25)23-9-7-13(8-10-23)5-6-14-18-15(17(24)12-27-18)11-16(22)19(14)26-4/h11,13H,5-10,12H2,1-4H3. The lowest BCUT2D eigenvalue weighted by Crippen LogP contribution is -2.41. The van der Waals surface area contributed by atoms with Gasteiger partial charge in [0.05, 0.1) is 12.7 Å². The third-order valence-electron chi connectivity index (χ3n) is 5.20. The van der Waals surface area contributed by atoms with E-state index in [0.717, 1.165) is 19.3 Å². The fraction of sp³-hybridized carbons (Fsp3) is 0.619. The second kappa shape index (κ2) is 7.97. The predicted molar refractivity (Wildman–Crippen MR) is 102 cm³/mol. The van der Waals surface area contributed by atoms with Crippen molar-refractivity contribution in [2.24, 2.45) is 5.92 Å². The van der Waals surface area contributed by atoms with Crippen LogP contribution in [0.1, 0.15) is 56.0 Å². The number of amides is 1. The molecule has 0 saturated carbocycles. The average Bonchev–Trinajstić information content (AvgIpc) is 2.99. The number of hydrogen-bond donors (Lipinski definition) is 0. The quantitative estimate of drug-likeness (QED) is 0.774. The van der Waals surface area contributed by atoms with E-state index in [-0.39, 0.29) is 24.2 Å². The summed E-state index contributed by atoms with van der Waals surface area (Å²) in [6, 6.07) is 1.20. The summed E-state index contributed by atoms with van der Waals surface area (Å²) in [6.07, 6.45) is 2.82. The summed E-state index contributed by atoms with van der Waals surface area (Å²) in [7, 11) is 1.42. The molecule has 0 unspecified atom stereocenters. The molecule has 0 N–H and O–H groups in total. The van der Waals surface area contributed by atoms with E-state index in [0.29, 0.717) is 42.3 Å². The Hall–Kier alpha value is -2.31. The first-order chi connectivity index (χ1) is 13.2. The first kappa shape index (κ1) is 20.4. The minimum Gasteiger partial charge on any atom is -0.493 e. The number of rotatable bonds is 4. The maximum absolute atomic E-state index is 14.3. The van der Waals surface area contributed by atoms with Crippen LogP contribution in [0.2, 0.25) is 0 Å². The van der Waals surface area contributed by atoms with Crippen molar-refractivity contribution >= 4 is 11.9 Å². The Morgan fingerprint density at radius 3 is 2.61 bits per heavy atom. The molecular formula is C21H28FNO5. The zero-order valence-corrected chi connectivity index (χ0v) is 17.0. The Morgan fingerprint density at radius 2 is 2.00 bits per heavy atom. The van der Waals surface area contributed by atoms with Crippen LogP contribution in [-0.4, -0.2) is 49.2 Å². The van der Waals surface area contributed by atoms with E-state index in [1.54, 1.807) is 4.90 Å². The summed E-state index contributed by atoms with van der Waals surface area (Å²) in [5.74, 6) is 0.270. The topological polar surface area (TPSA) is 65.1 Å². The van der Waals surface area contributed by atoms with Gasteiger partial charge in [-0.15, -0.1) is 0 Å². The fourth-order valence-corrected chi connectivity index (χ4v) is 3.78. The summed E-state index contributed by atoms with van der Waals surface area (Å²) < 4.78 is 30.5. The highest BCUT2D eigenvalue weighted by atomic mass is 19.1. The molecule has 0 spiro atoms. The van der Waals surface area contributed by atoms with Crippen LogP contribution in [0.3, 0.4) is 0 Å². The molecule has 2 aliphatic rings. The molecule has 1 amide bonds. The van der Waals surface area contributed by atoms with Gasteiger partial charge in [-0.2, -0.15) is 0 Å². The van der Waals surface area contributed by atoms with Gasteiger partial charge in [0.2, 0.25) is 5.78 Å². The van der Waals surface area contributed by atoms with Gasteiger partial charge in [0.15, 0.2) is 18.2 Å². The summed E-state index contributed by atoms with van der Waals surface area (Å²) in [5, 5.41) is 0. The van der Waals surface area contributed by atoms with Gasteiger partial charge in [0, 0.05) is 18.7 Å². The second-order valence-electron chi connectivity index (χ2n) is 8.41. The van der Waals surface area contributed by atoms with E-state index in [2.05, 4.69) is 0 Å². The van der Waals surface area contributed by atoms with Crippen LogP contribution in [-0.2, 0) is 11.2 Å². The number of benzene rings is 1. The maximum Gasteiger partial charge on any atom is 0.410 e. The van der Waals surface area contributed by atoms with Crippen LogP contribution in [0.5, 0.6) is 11.5 Å². The molecule has 6 nitrogen and oxygen atoms in total. The third kappa shape index (κ3) is 4.39. The molecular weight excluding hydrogens is 365 g/mol. The van der Waals surface area contributed by atoms with E-state index in [9.17, 15) is 14.0 Å². The lowest BCUT2D eigenvalue weighted by atomic mass is 9.89. The number of carbonyl (C=O) groups excluding carboxylic acids is 2. The SMILES string of the molecule is COc1c(F)cc2c(c1CCC1CCN(C(=O)OC(C)(C)C)CC1)OCC2=O. The number of hydrogen-bond acceptors (Lipinski definition) is 5. The van der Waals surface area contributed by atoms with Crippen molar-refractivity contribution in [1.29, 1.82) is 0 Å². The largest absolute Gasteiger partial charge is 0.493 e. The number of fused-ring (bicyclic) bond motifs is 1. The van der Waals surface area contributed by atoms with E-state index in [4.69, 9.17) is 14.2 Å². The Balaban J connectivity index is 1.61. The van der Waals surface area contributed by atoms with Crippen molar-refractivity contribution in [1.82, 2.24) is 4.90 Å². The van der Waals surface area contributed by atoms with Crippen LogP contribution in [0, 0.1) is 11.7 Å². The van der Waals surface area contributed by atoms with Crippen molar-refractivity contribution in [3.05, 3.63) is 23.0 Å². The molecule has 28 heavy (non-hydrogen) atoms. The van der Waals surface area contributed by atoms with Crippen molar-refractivity contribution in [3.8, 4) is 11.5 Å². The molecule has 2 heterocycles. The van der Waals surface area contributed by atoms with Gasteiger partial charge < -0.3 is 19.1 Å². The summed E-state index contributed by atoms with van der Waals surface area (Å²) >= 11 is 0. The number of ether oxygens (including phenoxy) is 3. The van der Waals surface area contributed by atoms with Crippen molar-refractivity contribution in [2.45, 2.75) is 52.1 Å². The van der Waals surface area contributed by atoms with Crippen molar-refractivity contribution in [2.75, 3.05) is 26.8 Å². The molecule has 1 aromatic carbocycles. The highest BCUT2D eigenvalue weighted by Gasteiger charge is 2.31. The van der Waals surface area contributed by atoms with Gasteiger partial charge in [-0.1, -0.05) is 0 Å². The number of carbonyl (C=O) groups is 2. The molecule has 1 fully saturated rings. The van der Waals surface area contributed by atoms with Crippen LogP contribution < -0.4 is 9.47 Å². The molecule has 0 atom stereocenters. The van der Waals surface area contributed by atoms with Gasteiger partial charge in [0.25, 0.3) is 0 Å². The third-order valence-corrected chi connectivity index (χ3v) is 5.20. The molecule has 1 saturated heterocycles. The van der Waals surface area contributed by atoms with Gasteiger partial charge in [-0.25, -0.2) is 9.18 Å². The fourth-order valence-electron chi connectivity index (χ4n) is 3.78. The Labute approximate surface area is 164 Å². The monoisotopic (exact) mass is 393 g/mol. The summed E-state index contributed by atoms with van der Waals surface area (Å²) in [6.45, 7) is 6.81. The molecule has 0 radical (unpaired) electrons. The van der Waals surface area contributed by atoms with Crippen LogP contribution >= 0.6 is 0 Å². The van der Waals surface area contributed by atoms with Gasteiger partial charge in [-0.05, 0) is 58.4 Å². The number of nitrogens with zero attached hydrogens (tertiary/aromatic N) is 1. The minimum atomic E-state index is -0.533. The Bertz CT molecular complexity index is 763. The molecule has 2 aliphatic heterocycles. The molecule has 7 heteroatoms. The van der Waals surface area contributed by atoms with E-state index >= 15 is 0 Å². The minimum absolute atomic E-state index is 0.0524. The second-order valence-corrected chi connectivity index (χ2v) is 8.41. The Morgan fingerprint density at radius 1 is 1.32 bits per heavy atom. The van der Waals surface area contributed by atoms with Crippen LogP contribution in [0.15, 0.2) is 6.07 Å². The maximum atomic E-state index is 14.3. The molecule has 154 valence electrons. The number of methoxy groups -OCH3 is 1. The molecule has 3 rings (SSSR count). The number of ketones is 1. The lowest BCUT2D eigenvalue weighted by molar-refractivity contribution is 0.0181. The number of piperidine rings is 1. The molecule has 1 aromatic rings. The normalized spacial score (nSPS) is 17.3. The summed E-state index contributed by atoms with van der Waals surface area (Å²) in [4.78, 5) is 25.8. The smallest absolute Gasteiger partial charge is 0.410 e. The highest BCUT2D eigenvalue weighted by molar-refractivity contribution is 6.03. The van der Waals surface area contributed by atoms with E-state index < -0.39 is 11.4 Å². The lowest BCUT2D eigenvalue weighted by Gasteiger charge is -2.33. The number of Topliss-reactive ketones (excluding diaryl/α,β-unsaturated/α-hetero) is 1. The van der Waals surface area contributed by atoms with Gasteiger partial charge in [-0.3, -0.25) is 4.79 Å². The molecule has 0 bridgehead atoms. The summed E-state index contributed by atoms with van der Waals surface area (Å²) in [5.41, 5.74) is 0.422. The predicted octanol–water partition coefficient (Wildman–Crippen LogP) is 3.99. The first-order valence-corrected chi connectivity index (χ1v) is 9.73.